The smallest absolute Gasteiger partial charge is 0.102 e. The SMILES string of the molecule is OC1(c2ccncc2)CCCN(Cc2ccccc2)C1. The molecule has 3 rings (SSSR count). The molecule has 0 saturated carbocycles. The van der Waals surface area contributed by atoms with E-state index in [-0.39, 0.29) is 0 Å². The van der Waals surface area contributed by atoms with Crippen LogP contribution >= 0.6 is 0 Å². The summed E-state index contributed by atoms with van der Waals surface area (Å²) < 4.78 is 0. The van der Waals surface area contributed by atoms with Crippen molar-refractivity contribution in [2.75, 3.05) is 13.1 Å². The molecule has 104 valence electrons. The van der Waals surface area contributed by atoms with E-state index in [1.165, 1.54) is 5.56 Å². The zero-order chi connectivity index (χ0) is 13.8. The molecule has 1 N–H and O–H groups in total. The number of aliphatic hydroxyl groups is 1. The summed E-state index contributed by atoms with van der Waals surface area (Å²) >= 11 is 0. The van der Waals surface area contributed by atoms with E-state index >= 15 is 0 Å². The largest absolute Gasteiger partial charge is 0.384 e. The molecule has 2 aromatic rings. The van der Waals surface area contributed by atoms with E-state index < -0.39 is 5.60 Å². The predicted octanol–water partition coefficient (Wildman–Crippen LogP) is 2.57. The van der Waals surface area contributed by atoms with Crippen LogP contribution in [0, 0.1) is 0 Å². The fraction of sp³-hybridized carbons (Fsp3) is 0.353. The highest BCUT2D eigenvalue weighted by molar-refractivity contribution is 5.21. The monoisotopic (exact) mass is 268 g/mol. The van der Waals surface area contributed by atoms with Crippen molar-refractivity contribution in [2.45, 2.75) is 25.0 Å². The van der Waals surface area contributed by atoms with Gasteiger partial charge in [0, 0.05) is 25.5 Å². The Bertz CT molecular complexity index is 543. The van der Waals surface area contributed by atoms with Gasteiger partial charge < -0.3 is 5.11 Å². The maximum Gasteiger partial charge on any atom is 0.102 e. The lowest BCUT2D eigenvalue weighted by Crippen LogP contribution is -2.45. The first kappa shape index (κ1) is 13.3. The summed E-state index contributed by atoms with van der Waals surface area (Å²) in [7, 11) is 0. The van der Waals surface area contributed by atoms with Crippen LogP contribution in [0.4, 0.5) is 0 Å². The van der Waals surface area contributed by atoms with Crippen LogP contribution in [-0.4, -0.2) is 28.1 Å². The highest BCUT2D eigenvalue weighted by Gasteiger charge is 2.34. The molecule has 3 nitrogen and oxygen atoms in total. The van der Waals surface area contributed by atoms with Crippen LogP contribution in [-0.2, 0) is 12.1 Å². The van der Waals surface area contributed by atoms with Crippen LogP contribution < -0.4 is 0 Å². The Morgan fingerprint density at radius 2 is 1.85 bits per heavy atom. The molecule has 1 fully saturated rings. The Morgan fingerprint density at radius 3 is 2.60 bits per heavy atom. The van der Waals surface area contributed by atoms with E-state index in [4.69, 9.17) is 0 Å². The van der Waals surface area contributed by atoms with Crippen LogP contribution in [0.25, 0.3) is 0 Å². The van der Waals surface area contributed by atoms with Gasteiger partial charge in [-0.1, -0.05) is 30.3 Å². The van der Waals surface area contributed by atoms with Gasteiger partial charge in [0.2, 0.25) is 0 Å². The second-order valence-electron chi connectivity index (χ2n) is 5.57. The summed E-state index contributed by atoms with van der Waals surface area (Å²) in [6, 6.07) is 14.3. The summed E-state index contributed by atoms with van der Waals surface area (Å²) in [6.07, 6.45) is 5.35. The molecule has 1 saturated heterocycles. The lowest BCUT2D eigenvalue weighted by molar-refractivity contribution is -0.0382. The van der Waals surface area contributed by atoms with Gasteiger partial charge in [-0.2, -0.15) is 0 Å². The minimum Gasteiger partial charge on any atom is -0.384 e. The zero-order valence-electron chi connectivity index (χ0n) is 11.6. The fourth-order valence-electron chi connectivity index (χ4n) is 3.00. The quantitative estimate of drug-likeness (QED) is 0.929. The Labute approximate surface area is 119 Å². The normalized spacial score (nSPS) is 23.6. The van der Waals surface area contributed by atoms with E-state index in [2.05, 4.69) is 34.1 Å². The van der Waals surface area contributed by atoms with Crippen molar-refractivity contribution in [1.82, 2.24) is 9.88 Å². The number of benzene rings is 1. The highest BCUT2D eigenvalue weighted by atomic mass is 16.3. The Balaban J connectivity index is 1.73. The van der Waals surface area contributed by atoms with Crippen LogP contribution in [0.3, 0.4) is 0 Å². The Kier molecular flexibility index (Phi) is 3.81. The number of hydrogen-bond donors (Lipinski definition) is 1. The Morgan fingerprint density at radius 1 is 1.10 bits per heavy atom. The molecule has 1 aliphatic heterocycles. The average molecular weight is 268 g/mol. The third kappa shape index (κ3) is 2.89. The number of β-amino-alcohol motifs (C(OH)–C–C–N with tert-alkyl or cyclic N) is 1. The van der Waals surface area contributed by atoms with E-state index in [1.807, 2.05) is 18.2 Å². The van der Waals surface area contributed by atoms with Gasteiger partial charge in [0.1, 0.15) is 5.60 Å². The summed E-state index contributed by atoms with van der Waals surface area (Å²) in [6.45, 7) is 2.63. The maximum absolute atomic E-state index is 10.9. The van der Waals surface area contributed by atoms with Crippen LogP contribution in [0.1, 0.15) is 24.0 Å². The number of aromatic nitrogens is 1. The summed E-state index contributed by atoms with van der Waals surface area (Å²) in [5.41, 5.74) is 1.53. The van der Waals surface area contributed by atoms with Crippen LogP contribution in [0.5, 0.6) is 0 Å². The van der Waals surface area contributed by atoms with Crippen molar-refractivity contribution in [3.63, 3.8) is 0 Å². The molecular formula is C17H20N2O. The molecule has 2 heterocycles. The van der Waals surface area contributed by atoms with Gasteiger partial charge in [-0.15, -0.1) is 0 Å². The van der Waals surface area contributed by atoms with Crippen molar-refractivity contribution in [3.05, 3.63) is 66.0 Å². The number of rotatable bonds is 3. The lowest BCUT2D eigenvalue weighted by atomic mass is 9.86. The molecule has 3 heteroatoms. The third-order valence-corrected chi connectivity index (χ3v) is 4.02. The topological polar surface area (TPSA) is 36.4 Å². The van der Waals surface area contributed by atoms with E-state index in [0.29, 0.717) is 6.54 Å². The summed E-state index contributed by atoms with van der Waals surface area (Å²) in [4.78, 5) is 6.37. The molecule has 1 aromatic carbocycles. The molecule has 1 atom stereocenters. The highest BCUT2D eigenvalue weighted by Crippen LogP contribution is 2.31. The van der Waals surface area contributed by atoms with Gasteiger partial charge in [0.05, 0.1) is 0 Å². The van der Waals surface area contributed by atoms with Gasteiger partial charge in [0.15, 0.2) is 0 Å². The molecule has 20 heavy (non-hydrogen) atoms. The van der Waals surface area contributed by atoms with Gasteiger partial charge in [-0.25, -0.2) is 0 Å². The van der Waals surface area contributed by atoms with Crippen LogP contribution in [0.15, 0.2) is 54.9 Å². The van der Waals surface area contributed by atoms with Crippen molar-refractivity contribution in [3.8, 4) is 0 Å². The second-order valence-corrected chi connectivity index (χ2v) is 5.57. The first-order chi connectivity index (χ1) is 9.76. The third-order valence-electron chi connectivity index (χ3n) is 4.02. The minimum absolute atomic E-state index is 0.686. The molecular weight excluding hydrogens is 248 g/mol. The molecule has 0 bridgehead atoms. The van der Waals surface area contributed by atoms with Gasteiger partial charge in [0.25, 0.3) is 0 Å². The first-order valence-electron chi connectivity index (χ1n) is 7.15. The number of likely N-dealkylation sites (tertiary alicyclic amines) is 1. The van der Waals surface area contributed by atoms with Crippen molar-refractivity contribution in [2.24, 2.45) is 0 Å². The molecule has 1 aromatic heterocycles. The average Bonchev–Trinajstić information content (AvgIpc) is 2.49. The van der Waals surface area contributed by atoms with Crippen LogP contribution in [0.2, 0.25) is 0 Å². The number of piperidine rings is 1. The van der Waals surface area contributed by atoms with E-state index in [0.717, 1.165) is 31.5 Å². The minimum atomic E-state index is -0.740. The molecule has 1 aliphatic rings. The molecule has 0 aliphatic carbocycles. The molecule has 1 unspecified atom stereocenters. The number of hydrogen-bond acceptors (Lipinski definition) is 3. The molecule has 0 radical (unpaired) electrons. The van der Waals surface area contributed by atoms with E-state index in [1.54, 1.807) is 12.4 Å². The van der Waals surface area contributed by atoms with Crippen molar-refractivity contribution >= 4 is 0 Å². The van der Waals surface area contributed by atoms with Crippen molar-refractivity contribution < 1.29 is 5.11 Å². The zero-order valence-corrected chi connectivity index (χ0v) is 11.6. The fourth-order valence-corrected chi connectivity index (χ4v) is 3.00. The maximum atomic E-state index is 10.9. The summed E-state index contributed by atoms with van der Waals surface area (Å²) in [5, 5.41) is 10.9. The molecule has 0 amide bonds. The predicted molar refractivity (Wildman–Crippen MR) is 79.1 cm³/mol. The molecule has 0 spiro atoms. The Hall–Kier alpha value is -1.71. The number of pyridine rings is 1. The second kappa shape index (κ2) is 5.73. The summed E-state index contributed by atoms with van der Waals surface area (Å²) in [5.74, 6) is 0. The first-order valence-corrected chi connectivity index (χ1v) is 7.15. The number of nitrogens with zero attached hydrogens (tertiary/aromatic N) is 2. The van der Waals surface area contributed by atoms with Gasteiger partial charge in [-0.3, -0.25) is 9.88 Å². The lowest BCUT2D eigenvalue weighted by Gasteiger charge is -2.39. The van der Waals surface area contributed by atoms with Gasteiger partial charge in [-0.05, 0) is 42.6 Å². The standard InChI is InChI=1S/C17H20N2O/c20-17(16-7-10-18-11-8-16)9-4-12-19(14-17)13-15-5-2-1-3-6-15/h1-3,5-8,10-11,20H,4,9,12-14H2. The van der Waals surface area contributed by atoms with Crippen molar-refractivity contribution in [1.29, 1.82) is 0 Å². The van der Waals surface area contributed by atoms with E-state index in [9.17, 15) is 5.11 Å². The van der Waals surface area contributed by atoms with Gasteiger partial charge >= 0.3 is 0 Å².